The van der Waals surface area contributed by atoms with Crippen molar-refractivity contribution >= 4 is 10.9 Å². The number of morpholine rings is 1. The summed E-state index contributed by atoms with van der Waals surface area (Å²) in [5.74, 6) is 0.676. The number of nitrogens with one attached hydrogen (secondary N) is 2. The van der Waals surface area contributed by atoms with Crippen LogP contribution in [0.3, 0.4) is 0 Å². The molecule has 0 aliphatic carbocycles. The van der Waals surface area contributed by atoms with Crippen molar-refractivity contribution in [1.82, 2.24) is 25.2 Å². The highest BCUT2D eigenvalue weighted by molar-refractivity contribution is 5.79. The zero-order valence-corrected chi connectivity index (χ0v) is 16.9. The van der Waals surface area contributed by atoms with E-state index in [2.05, 4.69) is 33.5 Å². The van der Waals surface area contributed by atoms with Crippen LogP contribution >= 0.6 is 0 Å². The third-order valence-electron chi connectivity index (χ3n) is 5.52. The van der Waals surface area contributed by atoms with E-state index in [-0.39, 0.29) is 11.6 Å². The van der Waals surface area contributed by atoms with E-state index in [0.29, 0.717) is 37.8 Å². The molecule has 9 nitrogen and oxygen atoms in total. The summed E-state index contributed by atoms with van der Waals surface area (Å²) in [6.07, 6.45) is 0.942. The minimum Gasteiger partial charge on any atom is -0.383 e. The van der Waals surface area contributed by atoms with Crippen molar-refractivity contribution in [3.8, 4) is 0 Å². The van der Waals surface area contributed by atoms with E-state index in [9.17, 15) is 4.79 Å². The van der Waals surface area contributed by atoms with E-state index >= 15 is 0 Å². The molecule has 1 aliphatic rings. The number of benzene rings is 1. The molecule has 0 radical (unpaired) electrons. The Morgan fingerprint density at radius 2 is 2.14 bits per heavy atom. The Balaban J connectivity index is 1.83. The number of fused-ring (bicyclic) bond motifs is 1. The van der Waals surface area contributed by atoms with Gasteiger partial charge in [0.15, 0.2) is 6.04 Å². The van der Waals surface area contributed by atoms with Crippen LogP contribution in [0, 0.1) is 0 Å². The highest BCUT2D eigenvalue weighted by Crippen LogP contribution is 2.20. The van der Waals surface area contributed by atoms with Gasteiger partial charge in [0.2, 0.25) is 5.82 Å². The average molecular weight is 399 g/mol. The first-order valence-electron chi connectivity index (χ1n) is 10.0. The Bertz CT molecular complexity index is 1020. The maximum atomic E-state index is 13.1. The van der Waals surface area contributed by atoms with Gasteiger partial charge in [0.1, 0.15) is 13.1 Å². The van der Waals surface area contributed by atoms with Gasteiger partial charge in [-0.05, 0) is 46.0 Å². The molecule has 2 N–H and O–H groups in total. The first kappa shape index (κ1) is 19.7. The molecular formula is C20H27N6O3+. The monoisotopic (exact) mass is 399 g/mol. The number of aryl methyl sites for hydroxylation is 1. The van der Waals surface area contributed by atoms with Gasteiger partial charge < -0.3 is 19.4 Å². The van der Waals surface area contributed by atoms with E-state index in [4.69, 9.17) is 9.47 Å². The van der Waals surface area contributed by atoms with Crippen LogP contribution in [-0.4, -0.2) is 65.2 Å². The number of nitrogens with zero attached hydrogens (tertiary/aromatic N) is 4. The van der Waals surface area contributed by atoms with Gasteiger partial charge in [-0.3, -0.25) is 4.79 Å². The fourth-order valence-electron chi connectivity index (χ4n) is 3.93. The molecule has 0 unspecified atom stereocenters. The summed E-state index contributed by atoms with van der Waals surface area (Å²) in [7, 11) is 1.65. The summed E-state index contributed by atoms with van der Waals surface area (Å²) >= 11 is 0. The first-order chi connectivity index (χ1) is 14.2. The summed E-state index contributed by atoms with van der Waals surface area (Å²) in [5.41, 5.74) is 2.64. The van der Waals surface area contributed by atoms with Crippen molar-refractivity contribution < 1.29 is 14.4 Å². The van der Waals surface area contributed by atoms with Gasteiger partial charge in [-0.25, -0.2) is 4.68 Å². The minimum atomic E-state index is -0.274. The molecule has 1 atom stereocenters. The third-order valence-corrected chi connectivity index (χ3v) is 5.52. The molecule has 1 aromatic carbocycles. The number of aromatic amines is 1. The van der Waals surface area contributed by atoms with Crippen LogP contribution in [0.2, 0.25) is 0 Å². The second kappa shape index (κ2) is 8.81. The van der Waals surface area contributed by atoms with Crippen LogP contribution in [0.15, 0.2) is 29.1 Å². The predicted molar refractivity (Wildman–Crippen MR) is 107 cm³/mol. The quantitative estimate of drug-likeness (QED) is 0.567. The van der Waals surface area contributed by atoms with Gasteiger partial charge >= 0.3 is 0 Å². The molecule has 154 valence electrons. The lowest BCUT2D eigenvalue weighted by atomic mass is 10.0. The molecule has 1 aliphatic heterocycles. The lowest BCUT2D eigenvalue weighted by Gasteiger charge is -2.30. The number of rotatable bonds is 7. The molecule has 9 heteroatoms. The predicted octanol–water partition coefficient (Wildman–Crippen LogP) is -0.272. The fraction of sp³-hybridized carbons (Fsp3) is 0.500. The van der Waals surface area contributed by atoms with E-state index in [1.807, 2.05) is 18.2 Å². The van der Waals surface area contributed by atoms with Gasteiger partial charge in [0.25, 0.3) is 5.56 Å². The van der Waals surface area contributed by atoms with Crippen molar-refractivity contribution in [2.24, 2.45) is 0 Å². The molecule has 0 bridgehead atoms. The fourth-order valence-corrected chi connectivity index (χ4v) is 3.93. The lowest BCUT2D eigenvalue weighted by Crippen LogP contribution is -3.14. The summed E-state index contributed by atoms with van der Waals surface area (Å²) in [6.45, 7) is 6.02. The molecular weight excluding hydrogens is 372 g/mol. The second-order valence-corrected chi connectivity index (χ2v) is 7.29. The van der Waals surface area contributed by atoms with Crippen molar-refractivity contribution in [2.75, 3.05) is 40.0 Å². The van der Waals surface area contributed by atoms with Gasteiger partial charge in [0.05, 0.1) is 31.9 Å². The lowest BCUT2D eigenvalue weighted by molar-refractivity contribution is -0.933. The van der Waals surface area contributed by atoms with Crippen LogP contribution < -0.4 is 10.5 Å². The van der Waals surface area contributed by atoms with Crippen molar-refractivity contribution in [2.45, 2.75) is 25.9 Å². The molecule has 2 aromatic heterocycles. The molecule has 0 amide bonds. The zero-order valence-electron chi connectivity index (χ0n) is 16.9. The normalized spacial score (nSPS) is 16.3. The van der Waals surface area contributed by atoms with E-state index in [1.165, 1.54) is 10.5 Å². The van der Waals surface area contributed by atoms with E-state index in [1.54, 1.807) is 11.8 Å². The molecule has 3 heterocycles. The first-order valence-corrected chi connectivity index (χ1v) is 10.0. The number of quaternary nitrogens is 1. The standard InChI is InChI=1S/C20H26N6O3/c1-3-14-4-5-17-15(12-14)13-16(20(27)21-17)18(25-6-10-29-11-7-25)19-22-23-24-26(19)8-9-28-2/h4-5,12-13,18H,3,6-11H2,1-2H3,(H,21,27)/p+1/t18-/m1/s1. The van der Waals surface area contributed by atoms with Gasteiger partial charge in [0, 0.05) is 12.6 Å². The van der Waals surface area contributed by atoms with Crippen molar-refractivity contribution in [3.63, 3.8) is 0 Å². The van der Waals surface area contributed by atoms with E-state index in [0.717, 1.165) is 30.4 Å². The zero-order chi connectivity index (χ0) is 20.2. The number of tetrazole rings is 1. The molecule has 1 saturated heterocycles. The summed E-state index contributed by atoms with van der Waals surface area (Å²) in [4.78, 5) is 17.4. The maximum absolute atomic E-state index is 13.1. The van der Waals surface area contributed by atoms with E-state index < -0.39 is 0 Å². The summed E-state index contributed by atoms with van der Waals surface area (Å²) < 4.78 is 12.5. The molecule has 0 spiro atoms. The SMILES string of the molecule is CCc1ccc2[nH]c(=O)c([C@H](c3nnnn3CCOC)[NH+]3CCOCC3)cc2c1. The molecule has 3 aromatic rings. The third kappa shape index (κ3) is 4.07. The minimum absolute atomic E-state index is 0.105. The number of hydrogen-bond acceptors (Lipinski definition) is 6. The number of H-pyrrole nitrogens is 1. The van der Waals surface area contributed by atoms with Gasteiger partial charge in [-0.1, -0.05) is 13.0 Å². The Hall–Kier alpha value is -2.62. The highest BCUT2D eigenvalue weighted by Gasteiger charge is 2.35. The molecule has 4 rings (SSSR count). The highest BCUT2D eigenvalue weighted by atomic mass is 16.5. The Kier molecular flexibility index (Phi) is 5.98. The number of hydrogen-bond donors (Lipinski definition) is 2. The Morgan fingerprint density at radius 3 is 2.90 bits per heavy atom. The Morgan fingerprint density at radius 1 is 1.31 bits per heavy atom. The van der Waals surface area contributed by atoms with Crippen LogP contribution in [0.25, 0.3) is 10.9 Å². The number of aromatic nitrogens is 5. The number of ether oxygens (including phenoxy) is 2. The van der Waals surface area contributed by atoms with Crippen molar-refractivity contribution in [1.29, 1.82) is 0 Å². The average Bonchev–Trinajstić information content (AvgIpc) is 3.21. The topological polar surface area (TPSA) is 99.4 Å². The molecule has 1 fully saturated rings. The number of pyridine rings is 1. The largest absolute Gasteiger partial charge is 0.383 e. The van der Waals surface area contributed by atoms with Crippen molar-refractivity contribution in [3.05, 3.63) is 51.6 Å². The van der Waals surface area contributed by atoms with Crippen LogP contribution in [0.1, 0.15) is 29.9 Å². The van der Waals surface area contributed by atoms with Gasteiger partial charge in [-0.15, -0.1) is 5.10 Å². The van der Waals surface area contributed by atoms with Crippen LogP contribution in [0.5, 0.6) is 0 Å². The smallest absolute Gasteiger partial charge is 0.258 e. The summed E-state index contributed by atoms with van der Waals surface area (Å²) in [5, 5.41) is 13.3. The molecule has 29 heavy (non-hydrogen) atoms. The summed E-state index contributed by atoms with van der Waals surface area (Å²) in [6, 6.07) is 7.88. The molecule has 0 saturated carbocycles. The maximum Gasteiger partial charge on any atom is 0.258 e. The Labute approximate surface area is 168 Å². The van der Waals surface area contributed by atoms with Crippen LogP contribution in [0.4, 0.5) is 0 Å². The second-order valence-electron chi connectivity index (χ2n) is 7.29. The van der Waals surface area contributed by atoms with Crippen LogP contribution in [-0.2, 0) is 22.4 Å². The van der Waals surface area contributed by atoms with Gasteiger partial charge in [-0.2, -0.15) is 0 Å². The number of methoxy groups -OCH3 is 1.